The number of carbonyl (C=O) groups excluding carboxylic acids is 1. The van der Waals surface area contributed by atoms with Gasteiger partial charge in [0.25, 0.3) is 0 Å². The van der Waals surface area contributed by atoms with E-state index in [0.29, 0.717) is 30.7 Å². The Bertz CT molecular complexity index is 868. The Morgan fingerprint density at radius 1 is 1.32 bits per heavy atom. The number of ketones is 1. The Kier molecular flexibility index (Phi) is 3.82. The zero-order chi connectivity index (χ0) is 17.6. The van der Waals surface area contributed by atoms with Gasteiger partial charge in [-0.2, -0.15) is 10.1 Å². The maximum atomic E-state index is 12.9. The minimum absolute atomic E-state index is 0.177. The highest BCUT2D eigenvalue weighted by molar-refractivity contribution is 5.99. The summed E-state index contributed by atoms with van der Waals surface area (Å²) >= 11 is 0. The fraction of sp³-hybridized carbons (Fsp3) is 0.421. The van der Waals surface area contributed by atoms with Gasteiger partial charge in [-0.3, -0.25) is 4.79 Å². The fourth-order valence-electron chi connectivity index (χ4n) is 3.79. The molecular formula is C19H22N4O2. The second-order valence-electron chi connectivity index (χ2n) is 6.75. The monoisotopic (exact) mass is 338 g/mol. The summed E-state index contributed by atoms with van der Waals surface area (Å²) in [7, 11) is 0. The van der Waals surface area contributed by atoms with E-state index < -0.39 is 0 Å². The van der Waals surface area contributed by atoms with Crippen molar-refractivity contribution in [2.75, 3.05) is 11.9 Å². The number of benzene rings is 1. The van der Waals surface area contributed by atoms with E-state index in [1.54, 1.807) is 0 Å². The first-order valence-corrected chi connectivity index (χ1v) is 8.76. The number of nitrogens with zero attached hydrogens (tertiary/aromatic N) is 3. The van der Waals surface area contributed by atoms with Crippen molar-refractivity contribution in [1.82, 2.24) is 14.8 Å². The number of Topliss-reactive ketones (excluding diaryl/α,β-unsaturated/α-hetero) is 1. The van der Waals surface area contributed by atoms with Crippen molar-refractivity contribution in [3.8, 4) is 5.75 Å². The topological polar surface area (TPSA) is 69.0 Å². The molecule has 0 saturated carbocycles. The van der Waals surface area contributed by atoms with Crippen LogP contribution < -0.4 is 10.1 Å². The molecule has 1 aliphatic carbocycles. The van der Waals surface area contributed by atoms with Crippen LogP contribution in [0, 0.1) is 12.8 Å². The van der Waals surface area contributed by atoms with E-state index in [0.717, 1.165) is 29.0 Å². The molecule has 130 valence electrons. The van der Waals surface area contributed by atoms with Crippen molar-refractivity contribution in [2.45, 2.75) is 39.7 Å². The molecule has 6 heteroatoms. The Labute approximate surface area is 146 Å². The third kappa shape index (κ3) is 2.62. The zero-order valence-electron chi connectivity index (χ0n) is 14.7. The van der Waals surface area contributed by atoms with Gasteiger partial charge >= 0.3 is 0 Å². The molecule has 0 fully saturated rings. The van der Waals surface area contributed by atoms with Crippen molar-refractivity contribution >= 4 is 11.7 Å². The summed E-state index contributed by atoms with van der Waals surface area (Å²) in [5.41, 5.74) is 2.72. The summed E-state index contributed by atoms with van der Waals surface area (Å²) < 4.78 is 7.65. The largest absolute Gasteiger partial charge is 0.494 e. The van der Waals surface area contributed by atoms with E-state index in [2.05, 4.69) is 22.3 Å². The number of hydrogen-bond donors (Lipinski definition) is 1. The molecule has 6 nitrogen and oxygen atoms in total. The van der Waals surface area contributed by atoms with E-state index >= 15 is 0 Å². The van der Waals surface area contributed by atoms with Gasteiger partial charge in [-0.25, -0.2) is 4.68 Å². The molecule has 1 aromatic carbocycles. The van der Waals surface area contributed by atoms with Crippen LogP contribution in [0.3, 0.4) is 0 Å². The molecule has 25 heavy (non-hydrogen) atoms. The van der Waals surface area contributed by atoms with Gasteiger partial charge in [-0.1, -0.05) is 25.1 Å². The number of para-hydroxylation sites is 1. The van der Waals surface area contributed by atoms with Gasteiger partial charge in [0, 0.05) is 23.3 Å². The molecule has 0 bridgehead atoms. The first-order chi connectivity index (χ1) is 12.1. The van der Waals surface area contributed by atoms with Gasteiger partial charge < -0.3 is 10.1 Å². The van der Waals surface area contributed by atoms with E-state index in [1.807, 2.05) is 42.8 Å². The van der Waals surface area contributed by atoms with Crippen LogP contribution in [0.5, 0.6) is 5.75 Å². The van der Waals surface area contributed by atoms with Gasteiger partial charge in [0.2, 0.25) is 5.95 Å². The van der Waals surface area contributed by atoms with Crippen molar-refractivity contribution in [2.24, 2.45) is 5.92 Å². The van der Waals surface area contributed by atoms with Crippen LogP contribution >= 0.6 is 0 Å². The predicted octanol–water partition coefficient (Wildman–Crippen LogP) is 3.25. The van der Waals surface area contributed by atoms with Crippen molar-refractivity contribution in [3.05, 3.63) is 46.9 Å². The Morgan fingerprint density at radius 3 is 2.92 bits per heavy atom. The van der Waals surface area contributed by atoms with Gasteiger partial charge in [-0.05, 0) is 32.3 Å². The third-order valence-electron chi connectivity index (χ3n) is 4.74. The summed E-state index contributed by atoms with van der Waals surface area (Å²) in [6, 6.07) is 7.58. The summed E-state index contributed by atoms with van der Waals surface area (Å²) in [6.07, 6.45) is 1.41. The molecule has 0 saturated heterocycles. The van der Waals surface area contributed by atoms with Crippen molar-refractivity contribution < 1.29 is 9.53 Å². The number of hydrogen-bond acceptors (Lipinski definition) is 5. The molecule has 1 aromatic heterocycles. The number of fused-ring (bicyclic) bond motifs is 1. The van der Waals surface area contributed by atoms with Crippen LogP contribution in [-0.2, 0) is 4.79 Å². The van der Waals surface area contributed by atoms with Gasteiger partial charge in [0.1, 0.15) is 17.6 Å². The zero-order valence-corrected chi connectivity index (χ0v) is 14.7. The van der Waals surface area contributed by atoms with Gasteiger partial charge in [0.05, 0.1) is 6.61 Å². The lowest BCUT2D eigenvalue weighted by Gasteiger charge is -2.34. The smallest absolute Gasteiger partial charge is 0.226 e. The first kappa shape index (κ1) is 15.9. The summed E-state index contributed by atoms with van der Waals surface area (Å²) in [6.45, 7) is 6.50. The minimum atomic E-state index is -0.296. The molecule has 2 aromatic rings. The number of nitrogens with one attached hydrogen (secondary N) is 1. The van der Waals surface area contributed by atoms with Crippen LogP contribution in [0.4, 0.5) is 5.95 Å². The molecule has 1 aliphatic heterocycles. The number of aromatic nitrogens is 3. The number of anilines is 1. The van der Waals surface area contributed by atoms with E-state index in [9.17, 15) is 4.79 Å². The molecule has 4 rings (SSSR count). The van der Waals surface area contributed by atoms with Crippen LogP contribution in [0.2, 0.25) is 0 Å². The normalized spacial score (nSPS) is 22.3. The average Bonchev–Trinajstić information content (AvgIpc) is 2.93. The quantitative estimate of drug-likeness (QED) is 0.930. The second kappa shape index (κ2) is 6.02. The van der Waals surface area contributed by atoms with Crippen molar-refractivity contribution in [1.29, 1.82) is 0 Å². The standard InChI is InChI=1S/C19H22N4O2/c1-4-25-16-8-6-5-7-13(16)18-17-14(9-11(2)10-15(17)24)21-19-20-12(3)22-23(18)19/h5-8,11,18H,4,9-10H2,1-3H3,(H,20,21,22)/t11-,18+/m1/s1. The lowest BCUT2D eigenvalue weighted by atomic mass is 9.81. The molecule has 1 N–H and O–H groups in total. The van der Waals surface area contributed by atoms with Crippen LogP contribution in [0.25, 0.3) is 0 Å². The molecule has 2 heterocycles. The lowest BCUT2D eigenvalue weighted by Crippen LogP contribution is -2.33. The molecule has 0 unspecified atom stereocenters. The third-order valence-corrected chi connectivity index (χ3v) is 4.74. The maximum Gasteiger partial charge on any atom is 0.226 e. The molecule has 0 amide bonds. The van der Waals surface area contributed by atoms with Crippen LogP contribution in [-0.4, -0.2) is 27.2 Å². The van der Waals surface area contributed by atoms with Gasteiger partial charge in [0.15, 0.2) is 5.78 Å². The molecule has 0 spiro atoms. The Morgan fingerprint density at radius 2 is 2.12 bits per heavy atom. The van der Waals surface area contributed by atoms with E-state index in [-0.39, 0.29) is 11.8 Å². The average molecular weight is 338 g/mol. The highest BCUT2D eigenvalue weighted by Crippen LogP contribution is 2.43. The number of rotatable bonds is 3. The highest BCUT2D eigenvalue weighted by Gasteiger charge is 2.39. The molecule has 2 aliphatic rings. The highest BCUT2D eigenvalue weighted by atomic mass is 16.5. The number of allylic oxidation sites excluding steroid dienone is 2. The Balaban J connectivity index is 1.92. The van der Waals surface area contributed by atoms with Crippen LogP contribution in [0.15, 0.2) is 35.5 Å². The maximum absolute atomic E-state index is 12.9. The Hall–Kier alpha value is -2.63. The lowest BCUT2D eigenvalue weighted by molar-refractivity contribution is -0.117. The number of aryl methyl sites for hydroxylation is 1. The van der Waals surface area contributed by atoms with Crippen LogP contribution in [0.1, 0.15) is 44.1 Å². The molecule has 2 atom stereocenters. The fourth-order valence-corrected chi connectivity index (χ4v) is 3.79. The van der Waals surface area contributed by atoms with Crippen molar-refractivity contribution in [3.63, 3.8) is 0 Å². The number of carbonyl (C=O) groups is 1. The number of ether oxygens (including phenoxy) is 1. The van der Waals surface area contributed by atoms with E-state index in [4.69, 9.17) is 4.74 Å². The summed E-state index contributed by atoms with van der Waals surface area (Å²) in [4.78, 5) is 17.4. The summed E-state index contributed by atoms with van der Waals surface area (Å²) in [5.74, 6) is 2.67. The SMILES string of the molecule is CCOc1ccccc1[C@H]1C2=C(C[C@@H](C)CC2=O)Nc2nc(C)nn21. The first-order valence-electron chi connectivity index (χ1n) is 8.76. The van der Waals surface area contributed by atoms with Gasteiger partial charge in [-0.15, -0.1) is 0 Å². The molecule has 0 radical (unpaired) electrons. The van der Waals surface area contributed by atoms with E-state index in [1.165, 1.54) is 0 Å². The summed E-state index contributed by atoms with van der Waals surface area (Å²) in [5, 5.41) is 7.89. The molecular weight excluding hydrogens is 316 g/mol. The second-order valence-corrected chi connectivity index (χ2v) is 6.75. The minimum Gasteiger partial charge on any atom is -0.494 e. The predicted molar refractivity (Wildman–Crippen MR) is 94.6 cm³/mol.